The number of nitrogens with two attached hydrogens (primary N) is 2. The number of nitrogens with one attached hydrogen (secondary N) is 1. The summed E-state index contributed by atoms with van der Waals surface area (Å²) in [6, 6.07) is 8.31. The fourth-order valence-electron chi connectivity index (χ4n) is 1.45. The Hall–Kier alpha value is -1.55. The molecule has 0 saturated carbocycles. The Bertz CT molecular complexity index is 350. The van der Waals surface area contributed by atoms with Crippen LogP contribution in [0.4, 0.5) is 0 Å². The molecule has 0 atom stereocenters. The Labute approximate surface area is 103 Å². The second kappa shape index (κ2) is 6.91. The van der Waals surface area contributed by atoms with Gasteiger partial charge < -0.3 is 16.8 Å². The lowest BCUT2D eigenvalue weighted by atomic mass is 10.1. The van der Waals surface area contributed by atoms with Gasteiger partial charge >= 0.3 is 0 Å². The fourth-order valence-corrected chi connectivity index (χ4v) is 1.45. The number of rotatable bonds is 6. The van der Waals surface area contributed by atoms with Gasteiger partial charge in [-0.15, -0.1) is 0 Å². The first-order valence-electron chi connectivity index (χ1n) is 5.92. The molecule has 0 radical (unpaired) electrons. The first-order chi connectivity index (χ1) is 8.08. The van der Waals surface area contributed by atoms with Crippen molar-refractivity contribution in [2.24, 2.45) is 22.4 Å². The highest BCUT2D eigenvalue weighted by Crippen LogP contribution is 2.05. The predicted molar refractivity (Wildman–Crippen MR) is 72.5 cm³/mol. The van der Waals surface area contributed by atoms with Gasteiger partial charge in [0.2, 0.25) is 0 Å². The van der Waals surface area contributed by atoms with Crippen LogP contribution in [0, 0.1) is 5.92 Å². The smallest absolute Gasteiger partial charge is 0.186 e. The third kappa shape index (κ3) is 5.92. The van der Waals surface area contributed by atoms with Crippen molar-refractivity contribution in [3.63, 3.8) is 0 Å². The third-order valence-electron chi connectivity index (χ3n) is 2.35. The summed E-state index contributed by atoms with van der Waals surface area (Å²) >= 11 is 0. The van der Waals surface area contributed by atoms with Crippen LogP contribution in [0.5, 0.6) is 0 Å². The monoisotopic (exact) mass is 234 g/mol. The Kier molecular flexibility index (Phi) is 5.49. The average Bonchev–Trinajstić information content (AvgIpc) is 2.27. The highest BCUT2D eigenvalue weighted by Gasteiger charge is 1.96. The number of aliphatic imine (C=N–C) groups is 1. The van der Waals surface area contributed by atoms with E-state index in [1.807, 2.05) is 0 Å². The molecule has 0 amide bonds. The molecular formula is C13H22N4. The number of hydrogen-bond donors (Lipinski definition) is 3. The molecule has 0 heterocycles. The van der Waals surface area contributed by atoms with Crippen LogP contribution in [0.1, 0.15) is 25.0 Å². The largest absolute Gasteiger partial charge is 0.370 e. The lowest BCUT2D eigenvalue weighted by molar-refractivity contribution is 0.552. The zero-order chi connectivity index (χ0) is 12.7. The molecule has 5 N–H and O–H groups in total. The quantitative estimate of drug-likeness (QED) is 0.511. The molecule has 0 aliphatic rings. The molecule has 4 nitrogen and oxygen atoms in total. The van der Waals surface area contributed by atoms with Crippen molar-refractivity contribution in [2.45, 2.75) is 26.9 Å². The molecule has 4 heteroatoms. The second-order valence-electron chi connectivity index (χ2n) is 4.58. The van der Waals surface area contributed by atoms with E-state index in [2.05, 4.69) is 48.4 Å². The Balaban J connectivity index is 2.42. The SMILES string of the molecule is CC(C)CNCc1ccc(CN=C(N)N)cc1. The highest BCUT2D eigenvalue weighted by atomic mass is 15.0. The van der Waals surface area contributed by atoms with Crippen molar-refractivity contribution in [2.75, 3.05) is 6.54 Å². The number of benzene rings is 1. The molecule has 0 fully saturated rings. The van der Waals surface area contributed by atoms with E-state index < -0.39 is 0 Å². The summed E-state index contributed by atoms with van der Waals surface area (Å²) in [7, 11) is 0. The van der Waals surface area contributed by atoms with Gasteiger partial charge in [0.15, 0.2) is 5.96 Å². The minimum Gasteiger partial charge on any atom is -0.370 e. The molecule has 1 rings (SSSR count). The van der Waals surface area contributed by atoms with Crippen LogP contribution in [0.15, 0.2) is 29.3 Å². The Morgan fingerprint density at radius 2 is 1.76 bits per heavy atom. The van der Waals surface area contributed by atoms with Gasteiger partial charge in [-0.1, -0.05) is 38.1 Å². The van der Waals surface area contributed by atoms with Crippen molar-refractivity contribution in [1.29, 1.82) is 0 Å². The molecule has 0 aliphatic carbocycles. The van der Waals surface area contributed by atoms with E-state index in [0.717, 1.165) is 18.7 Å². The van der Waals surface area contributed by atoms with Crippen LogP contribution in [-0.2, 0) is 13.1 Å². The van der Waals surface area contributed by atoms with Crippen LogP contribution in [0.3, 0.4) is 0 Å². The lowest BCUT2D eigenvalue weighted by Gasteiger charge is -2.07. The van der Waals surface area contributed by atoms with Gasteiger partial charge in [0.05, 0.1) is 6.54 Å². The third-order valence-corrected chi connectivity index (χ3v) is 2.35. The van der Waals surface area contributed by atoms with Crippen molar-refractivity contribution >= 4 is 5.96 Å². The fraction of sp³-hybridized carbons (Fsp3) is 0.462. The van der Waals surface area contributed by atoms with Crippen LogP contribution < -0.4 is 16.8 Å². The number of guanidine groups is 1. The molecule has 0 aromatic heterocycles. The first kappa shape index (κ1) is 13.5. The maximum atomic E-state index is 5.28. The Morgan fingerprint density at radius 3 is 2.29 bits per heavy atom. The molecule has 94 valence electrons. The van der Waals surface area contributed by atoms with Gasteiger partial charge in [0.25, 0.3) is 0 Å². The van der Waals surface area contributed by atoms with Crippen molar-refractivity contribution in [3.8, 4) is 0 Å². The molecule has 0 unspecified atom stereocenters. The van der Waals surface area contributed by atoms with E-state index in [9.17, 15) is 0 Å². The van der Waals surface area contributed by atoms with Gasteiger partial charge in [-0.3, -0.25) is 0 Å². The minimum atomic E-state index is 0.132. The maximum absolute atomic E-state index is 5.28. The molecule has 0 aliphatic heterocycles. The molecule has 17 heavy (non-hydrogen) atoms. The maximum Gasteiger partial charge on any atom is 0.186 e. The Morgan fingerprint density at radius 1 is 1.18 bits per heavy atom. The van der Waals surface area contributed by atoms with Crippen LogP contribution in [0.2, 0.25) is 0 Å². The van der Waals surface area contributed by atoms with E-state index in [1.54, 1.807) is 0 Å². The van der Waals surface area contributed by atoms with E-state index in [0.29, 0.717) is 12.5 Å². The zero-order valence-corrected chi connectivity index (χ0v) is 10.6. The minimum absolute atomic E-state index is 0.132. The molecule has 1 aromatic carbocycles. The summed E-state index contributed by atoms with van der Waals surface area (Å²) in [6.45, 7) is 6.88. The predicted octanol–water partition coefficient (Wildman–Crippen LogP) is 1.21. The van der Waals surface area contributed by atoms with E-state index in [4.69, 9.17) is 11.5 Å². The summed E-state index contributed by atoms with van der Waals surface area (Å²) in [5.74, 6) is 0.809. The first-order valence-corrected chi connectivity index (χ1v) is 5.92. The standard InChI is InChI=1S/C13H22N4/c1-10(2)7-16-8-11-3-5-12(6-4-11)9-17-13(14)15/h3-6,10,16H,7-9H2,1-2H3,(H4,14,15,17). The van der Waals surface area contributed by atoms with Gasteiger partial charge in [-0.2, -0.15) is 0 Å². The van der Waals surface area contributed by atoms with E-state index in [1.165, 1.54) is 5.56 Å². The summed E-state index contributed by atoms with van der Waals surface area (Å²) in [5, 5.41) is 3.40. The lowest BCUT2D eigenvalue weighted by Crippen LogP contribution is -2.22. The van der Waals surface area contributed by atoms with Gasteiger partial charge in [-0.05, 0) is 23.6 Å². The summed E-state index contributed by atoms with van der Waals surface area (Å²) in [5.41, 5.74) is 13.0. The van der Waals surface area contributed by atoms with Crippen LogP contribution in [-0.4, -0.2) is 12.5 Å². The summed E-state index contributed by atoms with van der Waals surface area (Å²) in [6.07, 6.45) is 0. The summed E-state index contributed by atoms with van der Waals surface area (Å²) < 4.78 is 0. The highest BCUT2D eigenvalue weighted by molar-refractivity contribution is 5.75. The molecule has 1 aromatic rings. The van der Waals surface area contributed by atoms with E-state index >= 15 is 0 Å². The topological polar surface area (TPSA) is 76.4 Å². The second-order valence-corrected chi connectivity index (χ2v) is 4.58. The molecular weight excluding hydrogens is 212 g/mol. The molecule has 0 bridgehead atoms. The van der Waals surface area contributed by atoms with Gasteiger partial charge in [0.1, 0.15) is 0 Å². The van der Waals surface area contributed by atoms with Crippen molar-refractivity contribution < 1.29 is 0 Å². The normalized spacial score (nSPS) is 10.5. The number of hydrogen-bond acceptors (Lipinski definition) is 2. The van der Waals surface area contributed by atoms with Gasteiger partial charge in [-0.25, -0.2) is 4.99 Å². The van der Waals surface area contributed by atoms with Crippen LogP contribution in [0.25, 0.3) is 0 Å². The van der Waals surface area contributed by atoms with Crippen molar-refractivity contribution in [1.82, 2.24) is 5.32 Å². The van der Waals surface area contributed by atoms with Crippen LogP contribution >= 0.6 is 0 Å². The van der Waals surface area contributed by atoms with Gasteiger partial charge in [0, 0.05) is 6.54 Å². The molecule has 0 spiro atoms. The van der Waals surface area contributed by atoms with Crippen molar-refractivity contribution in [3.05, 3.63) is 35.4 Å². The number of nitrogens with zero attached hydrogens (tertiary/aromatic N) is 1. The zero-order valence-electron chi connectivity index (χ0n) is 10.6. The average molecular weight is 234 g/mol. The molecule has 0 saturated heterocycles. The summed E-state index contributed by atoms with van der Waals surface area (Å²) in [4.78, 5) is 3.97. The van der Waals surface area contributed by atoms with E-state index in [-0.39, 0.29) is 5.96 Å².